The van der Waals surface area contributed by atoms with Crippen LogP contribution in [0.2, 0.25) is 0 Å². The van der Waals surface area contributed by atoms with E-state index in [1.165, 1.54) is 5.56 Å². The Hall–Kier alpha value is -1.14. The molecule has 0 radical (unpaired) electrons. The first kappa shape index (κ1) is 17.2. The number of likely N-dealkylation sites (N-methyl/N-ethyl adjacent to an activating group) is 2. The SMILES string of the molecule is CN(C)CCOc1ccc(CN2C[C@H](O)[C@@H](N(C)C)C2)cc1. The molecule has 22 heavy (non-hydrogen) atoms. The van der Waals surface area contributed by atoms with Crippen molar-refractivity contribution in [3.8, 4) is 5.75 Å². The van der Waals surface area contributed by atoms with Gasteiger partial charge in [0.2, 0.25) is 0 Å². The maximum atomic E-state index is 10.1. The monoisotopic (exact) mass is 307 g/mol. The molecule has 5 heteroatoms. The Kier molecular flexibility index (Phi) is 6.20. The third kappa shape index (κ3) is 4.95. The van der Waals surface area contributed by atoms with Crippen molar-refractivity contribution in [2.45, 2.75) is 18.7 Å². The Labute approximate surface area is 134 Å². The summed E-state index contributed by atoms with van der Waals surface area (Å²) in [6.07, 6.45) is -0.261. The van der Waals surface area contributed by atoms with Crippen LogP contribution in [0.4, 0.5) is 0 Å². The molecule has 1 saturated heterocycles. The van der Waals surface area contributed by atoms with Crippen LogP contribution < -0.4 is 4.74 Å². The van der Waals surface area contributed by atoms with E-state index in [9.17, 15) is 5.11 Å². The van der Waals surface area contributed by atoms with Crippen molar-refractivity contribution in [2.75, 3.05) is 54.4 Å². The number of hydrogen-bond donors (Lipinski definition) is 1. The summed E-state index contributed by atoms with van der Waals surface area (Å²) >= 11 is 0. The van der Waals surface area contributed by atoms with E-state index in [4.69, 9.17) is 4.74 Å². The van der Waals surface area contributed by atoms with Crippen LogP contribution in [-0.4, -0.2) is 86.4 Å². The van der Waals surface area contributed by atoms with Gasteiger partial charge in [0.25, 0.3) is 0 Å². The number of ether oxygens (including phenoxy) is 1. The maximum Gasteiger partial charge on any atom is 0.119 e. The Balaban J connectivity index is 1.82. The lowest BCUT2D eigenvalue weighted by molar-refractivity contribution is 0.112. The van der Waals surface area contributed by atoms with Crippen molar-refractivity contribution < 1.29 is 9.84 Å². The minimum atomic E-state index is -0.261. The highest BCUT2D eigenvalue weighted by atomic mass is 16.5. The van der Waals surface area contributed by atoms with Gasteiger partial charge >= 0.3 is 0 Å². The van der Waals surface area contributed by atoms with Crippen molar-refractivity contribution in [2.24, 2.45) is 0 Å². The van der Waals surface area contributed by atoms with Crippen LogP contribution in [0.1, 0.15) is 5.56 Å². The second-order valence-corrected chi connectivity index (χ2v) is 6.59. The van der Waals surface area contributed by atoms with Crippen LogP contribution in [0.5, 0.6) is 5.75 Å². The van der Waals surface area contributed by atoms with E-state index in [-0.39, 0.29) is 12.1 Å². The van der Waals surface area contributed by atoms with Crippen LogP contribution in [0.15, 0.2) is 24.3 Å². The van der Waals surface area contributed by atoms with Gasteiger partial charge in [0.1, 0.15) is 12.4 Å². The Morgan fingerprint density at radius 2 is 1.82 bits per heavy atom. The van der Waals surface area contributed by atoms with E-state index >= 15 is 0 Å². The summed E-state index contributed by atoms with van der Waals surface area (Å²) in [5.41, 5.74) is 1.26. The molecule has 0 amide bonds. The summed E-state index contributed by atoms with van der Waals surface area (Å²) in [5, 5.41) is 10.1. The number of benzene rings is 1. The molecular formula is C17H29N3O2. The molecular weight excluding hydrogens is 278 g/mol. The molecule has 5 nitrogen and oxygen atoms in total. The van der Waals surface area contributed by atoms with Crippen molar-refractivity contribution in [1.29, 1.82) is 0 Å². The number of aliphatic hydroxyl groups excluding tert-OH is 1. The van der Waals surface area contributed by atoms with Crippen LogP contribution in [0.3, 0.4) is 0 Å². The number of hydrogen-bond acceptors (Lipinski definition) is 5. The Morgan fingerprint density at radius 3 is 2.36 bits per heavy atom. The average Bonchev–Trinajstić information content (AvgIpc) is 2.81. The molecule has 1 aliphatic heterocycles. The quantitative estimate of drug-likeness (QED) is 0.804. The second-order valence-electron chi connectivity index (χ2n) is 6.59. The lowest BCUT2D eigenvalue weighted by atomic mass is 10.2. The number of aliphatic hydroxyl groups is 1. The molecule has 0 bridgehead atoms. The molecule has 0 aliphatic carbocycles. The van der Waals surface area contributed by atoms with Crippen molar-refractivity contribution in [3.05, 3.63) is 29.8 Å². The highest BCUT2D eigenvalue weighted by Crippen LogP contribution is 2.19. The summed E-state index contributed by atoms with van der Waals surface area (Å²) in [7, 11) is 8.13. The van der Waals surface area contributed by atoms with Crippen molar-refractivity contribution in [1.82, 2.24) is 14.7 Å². The molecule has 124 valence electrons. The fraction of sp³-hybridized carbons (Fsp3) is 0.647. The zero-order valence-corrected chi connectivity index (χ0v) is 14.2. The summed E-state index contributed by atoms with van der Waals surface area (Å²) in [6.45, 7) is 4.15. The van der Waals surface area contributed by atoms with Gasteiger partial charge in [-0.05, 0) is 45.9 Å². The van der Waals surface area contributed by atoms with Gasteiger partial charge in [-0.25, -0.2) is 0 Å². The van der Waals surface area contributed by atoms with Gasteiger partial charge in [-0.2, -0.15) is 0 Å². The highest BCUT2D eigenvalue weighted by molar-refractivity contribution is 5.27. The molecule has 1 heterocycles. The molecule has 0 aromatic heterocycles. The van der Waals surface area contributed by atoms with E-state index in [1.807, 2.05) is 40.3 Å². The molecule has 2 rings (SSSR count). The smallest absolute Gasteiger partial charge is 0.119 e. The van der Waals surface area contributed by atoms with Gasteiger partial charge in [0.15, 0.2) is 0 Å². The molecule has 0 unspecified atom stereocenters. The van der Waals surface area contributed by atoms with E-state index < -0.39 is 0 Å². The van der Waals surface area contributed by atoms with Crippen LogP contribution in [0.25, 0.3) is 0 Å². The van der Waals surface area contributed by atoms with Gasteiger partial charge in [-0.15, -0.1) is 0 Å². The predicted molar refractivity (Wildman–Crippen MR) is 89.2 cm³/mol. The Morgan fingerprint density at radius 1 is 1.14 bits per heavy atom. The number of β-amino-alcohol motifs (C(OH)–C–C–N with tert-alkyl or cyclic N) is 1. The fourth-order valence-electron chi connectivity index (χ4n) is 2.78. The molecule has 0 saturated carbocycles. The normalized spacial score (nSPS) is 22.7. The Bertz CT molecular complexity index is 448. The minimum Gasteiger partial charge on any atom is -0.492 e. The van der Waals surface area contributed by atoms with Gasteiger partial charge in [0.05, 0.1) is 6.10 Å². The standard InChI is InChI=1S/C17H29N3O2/c1-18(2)9-10-22-15-7-5-14(6-8-15)11-20-12-16(19(3)4)17(21)13-20/h5-8,16-17,21H,9-13H2,1-4H3/t16-,17-/m0/s1. The lowest BCUT2D eigenvalue weighted by Crippen LogP contribution is -2.37. The highest BCUT2D eigenvalue weighted by Gasteiger charge is 2.32. The van der Waals surface area contributed by atoms with Gasteiger partial charge in [0, 0.05) is 32.2 Å². The topological polar surface area (TPSA) is 39.2 Å². The van der Waals surface area contributed by atoms with Crippen LogP contribution in [0, 0.1) is 0 Å². The minimum absolute atomic E-state index is 0.230. The number of likely N-dealkylation sites (tertiary alicyclic amines) is 1. The molecule has 1 aliphatic rings. The summed E-state index contributed by atoms with van der Waals surface area (Å²) in [4.78, 5) is 6.51. The molecule has 1 aromatic rings. The van der Waals surface area contributed by atoms with Crippen molar-refractivity contribution in [3.63, 3.8) is 0 Å². The van der Waals surface area contributed by atoms with E-state index in [2.05, 4.69) is 26.8 Å². The lowest BCUT2D eigenvalue weighted by Gasteiger charge is -2.21. The number of nitrogens with zero attached hydrogens (tertiary/aromatic N) is 3. The third-order valence-electron chi connectivity index (χ3n) is 4.13. The van der Waals surface area contributed by atoms with Gasteiger partial charge < -0.3 is 19.6 Å². The second kappa shape index (κ2) is 7.92. The van der Waals surface area contributed by atoms with Gasteiger partial charge in [-0.3, -0.25) is 4.90 Å². The fourth-order valence-corrected chi connectivity index (χ4v) is 2.78. The first-order valence-electron chi connectivity index (χ1n) is 7.89. The first-order chi connectivity index (χ1) is 10.5. The van der Waals surface area contributed by atoms with Crippen molar-refractivity contribution >= 4 is 0 Å². The summed E-state index contributed by atoms with van der Waals surface area (Å²) in [6, 6.07) is 8.51. The maximum absolute atomic E-state index is 10.1. The van der Waals surface area contributed by atoms with Crippen LogP contribution in [-0.2, 0) is 6.54 Å². The molecule has 0 spiro atoms. The molecule has 1 fully saturated rings. The third-order valence-corrected chi connectivity index (χ3v) is 4.13. The van der Waals surface area contributed by atoms with E-state index in [0.717, 1.165) is 31.9 Å². The summed E-state index contributed by atoms with van der Waals surface area (Å²) < 4.78 is 5.71. The zero-order chi connectivity index (χ0) is 16.1. The van der Waals surface area contributed by atoms with Crippen LogP contribution >= 0.6 is 0 Å². The molecule has 1 N–H and O–H groups in total. The van der Waals surface area contributed by atoms with E-state index in [1.54, 1.807) is 0 Å². The largest absolute Gasteiger partial charge is 0.492 e. The van der Waals surface area contributed by atoms with Gasteiger partial charge in [-0.1, -0.05) is 12.1 Å². The summed E-state index contributed by atoms with van der Waals surface area (Å²) in [5.74, 6) is 0.915. The molecule has 1 aromatic carbocycles. The van der Waals surface area contributed by atoms with E-state index in [0.29, 0.717) is 6.61 Å². The molecule has 2 atom stereocenters. The zero-order valence-electron chi connectivity index (χ0n) is 14.2. The number of rotatable bonds is 7. The predicted octanol–water partition coefficient (Wildman–Crippen LogP) is 0.734. The average molecular weight is 307 g/mol. The first-order valence-corrected chi connectivity index (χ1v) is 7.89.